The van der Waals surface area contributed by atoms with Gasteiger partial charge < -0.3 is 14.4 Å². The number of nitrogens with zero attached hydrogens (tertiary/aromatic N) is 2. The first-order valence-corrected chi connectivity index (χ1v) is 12.5. The van der Waals surface area contributed by atoms with E-state index in [1.165, 1.54) is 23.1 Å². The first-order valence-electron chi connectivity index (χ1n) is 11.7. The summed E-state index contributed by atoms with van der Waals surface area (Å²) < 4.78 is 95.5. The molecule has 12 heteroatoms. The number of carbonyl (C=O) groups is 1. The maximum atomic E-state index is 14.1. The molecule has 0 N–H and O–H groups in total. The molecule has 5 nitrogen and oxygen atoms in total. The van der Waals surface area contributed by atoms with Gasteiger partial charge in [0.15, 0.2) is 0 Å². The van der Waals surface area contributed by atoms with E-state index in [1.807, 2.05) is 0 Å². The van der Waals surface area contributed by atoms with Gasteiger partial charge in [-0.25, -0.2) is 0 Å². The van der Waals surface area contributed by atoms with Crippen LogP contribution in [0.5, 0.6) is 5.75 Å². The van der Waals surface area contributed by atoms with Gasteiger partial charge in [-0.05, 0) is 42.0 Å². The van der Waals surface area contributed by atoms with Crippen molar-refractivity contribution < 1.29 is 40.6 Å². The zero-order valence-corrected chi connectivity index (χ0v) is 21.1. The molecule has 1 saturated heterocycles. The number of aromatic nitrogens is 1. The number of rotatable bonds is 7. The number of amides is 1. The van der Waals surface area contributed by atoms with Crippen LogP contribution in [0.4, 0.5) is 26.3 Å². The minimum Gasteiger partial charge on any atom is -0.489 e. The number of hydrogen-bond acceptors (Lipinski definition) is 5. The lowest BCUT2D eigenvalue weighted by Gasteiger charge is -2.25. The fourth-order valence-electron chi connectivity index (χ4n) is 3.87. The number of carbonyl (C=O) groups excluding carboxylic acids is 1. The summed E-state index contributed by atoms with van der Waals surface area (Å²) in [5.74, 6) is -0.281. The van der Waals surface area contributed by atoms with E-state index in [0.717, 1.165) is 29.8 Å². The Kier molecular flexibility index (Phi) is 8.86. The molecule has 1 fully saturated rings. The number of halogens is 6. The van der Waals surface area contributed by atoms with E-state index >= 15 is 0 Å². The van der Waals surface area contributed by atoms with Crippen LogP contribution in [0.25, 0.3) is 6.08 Å². The van der Waals surface area contributed by atoms with Crippen LogP contribution in [0.3, 0.4) is 0 Å². The highest BCUT2D eigenvalue weighted by molar-refractivity contribution is 7.99. The van der Waals surface area contributed by atoms with Crippen molar-refractivity contribution in [1.82, 2.24) is 9.88 Å². The molecule has 0 bridgehead atoms. The van der Waals surface area contributed by atoms with Crippen LogP contribution in [-0.4, -0.2) is 42.1 Å². The van der Waals surface area contributed by atoms with Crippen LogP contribution in [0, 0.1) is 0 Å². The van der Waals surface area contributed by atoms with Crippen LogP contribution in [0.15, 0.2) is 76.8 Å². The van der Waals surface area contributed by atoms with Crippen LogP contribution >= 0.6 is 11.8 Å². The Morgan fingerprint density at radius 3 is 2.41 bits per heavy atom. The molecule has 0 unspecified atom stereocenters. The molecule has 0 spiro atoms. The van der Waals surface area contributed by atoms with Crippen LogP contribution in [0.1, 0.15) is 22.3 Å². The minimum absolute atomic E-state index is 0.151. The Morgan fingerprint density at radius 2 is 1.74 bits per heavy atom. The number of benzene rings is 2. The molecule has 0 atom stereocenters. The van der Waals surface area contributed by atoms with Gasteiger partial charge in [0.05, 0.1) is 24.3 Å². The topological polar surface area (TPSA) is 51.7 Å². The van der Waals surface area contributed by atoms with E-state index in [-0.39, 0.29) is 37.8 Å². The molecule has 1 aliphatic heterocycles. The molecule has 3 aromatic rings. The Morgan fingerprint density at radius 1 is 1.00 bits per heavy atom. The summed E-state index contributed by atoms with van der Waals surface area (Å²) in [5.41, 5.74) is -3.66. The number of alkyl halides is 6. The second-order valence-corrected chi connectivity index (χ2v) is 9.51. The zero-order valence-electron chi connectivity index (χ0n) is 20.3. The third-order valence-electron chi connectivity index (χ3n) is 5.66. The number of morpholine rings is 1. The number of ether oxygens (including phenoxy) is 2. The quantitative estimate of drug-likeness (QED) is 0.234. The van der Waals surface area contributed by atoms with E-state index in [0.29, 0.717) is 17.5 Å². The van der Waals surface area contributed by atoms with Gasteiger partial charge >= 0.3 is 12.4 Å². The average Bonchev–Trinajstić information content (AvgIpc) is 2.91. The van der Waals surface area contributed by atoms with Gasteiger partial charge in [-0.3, -0.25) is 9.78 Å². The molecule has 1 aliphatic rings. The molecule has 1 amide bonds. The van der Waals surface area contributed by atoms with E-state index in [1.54, 1.807) is 30.6 Å². The summed E-state index contributed by atoms with van der Waals surface area (Å²) >= 11 is 0.538. The van der Waals surface area contributed by atoms with Crippen molar-refractivity contribution in [2.24, 2.45) is 0 Å². The fourth-order valence-corrected chi connectivity index (χ4v) is 4.90. The second-order valence-electron chi connectivity index (χ2n) is 8.40. The Balaban J connectivity index is 1.65. The average molecular weight is 569 g/mol. The molecule has 1 aromatic heterocycles. The summed E-state index contributed by atoms with van der Waals surface area (Å²) in [6.45, 7) is 1.17. The van der Waals surface area contributed by atoms with E-state index in [9.17, 15) is 31.1 Å². The predicted octanol–water partition coefficient (Wildman–Crippen LogP) is 6.72. The molecule has 206 valence electrons. The first kappa shape index (κ1) is 28.5. The standard InChI is InChI=1S/C27H22F6N2O3S/c28-26(29,30)24-19(7-9-23(36)35-11-13-37-14-12-35)6-8-22(25(24)27(31,32)33)39-21-5-1-4-20(15-21)38-17-18-3-2-10-34-16-18/h1-10,15-16H,11-14,17H2. The SMILES string of the molecule is O=C(C=Cc1ccc(Sc2cccc(OCc3cccnc3)c2)c(C(F)(F)F)c1C(F)(F)F)N1CCOCC1. The third-order valence-corrected chi connectivity index (χ3v) is 6.71. The zero-order chi connectivity index (χ0) is 28.0. The van der Waals surface area contributed by atoms with Crippen LogP contribution in [0.2, 0.25) is 0 Å². The monoisotopic (exact) mass is 568 g/mol. The molecular weight excluding hydrogens is 546 g/mol. The smallest absolute Gasteiger partial charge is 0.418 e. The van der Waals surface area contributed by atoms with Crippen molar-refractivity contribution in [3.8, 4) is 5.75 Å². The molecule has 39 heavy (non-hydrogen) atoms. The summed E-state index contributed by atoms with van der Waals surface area (Å²) in [7, 11) is 0. The van der Waals surface area contributed by atoms with Gasteiger partial charge in [0.2, 0.25) is 5.91 Å². The van der Waals surface area contributed by atoms with Gasteiger partial charge in [0.25, 0.3) is 0 Å². The molecule has 2 heterocycles. The van der Waals surface area contributed by atoms with E-state index in [2.05, 4.69) is 4.98 Å². The maximum Gasteiger partial charge on any atom is 0.418 e. The largest absolute Gasteiger partial charge is 0.489 e. The Hall–Kier alpha value is -3.51. The molecule has 4 rings (SSSR count). The highest BCUT2D eigenvalue weighted by Crippen LogP contribution is 2.48. The summed E-state index contributed by atoms with van der Waals surface area (Å²) in [6.07, 6.45) is -5.84. The predicted molar refractivity (Wildman–Crippen MR) is 132 cm³/mol. The van der Waals surface area contributed by atoms with Crippen molar-refractivity contribution in [2.75, 3.05) is 26.3 Å². The van der Waals surface area contributed by atoms with Gasteiger partial charge in [0.1, 0.15) is 12.4 Å². The lowest BCUT2D eigenvalue weighted by atomic mass is 9.99. The van der Waals surface area contributed by atoms with Gasteiger partial charge in [-0.15, -0.1) is 0 Å². The van der Waals surface area contributed by atoms with Crippen molar-refractivity contribution in [1.29, 1.82) is 0 Å². The van der Waals surface area contributed by atoms with Crippen molar-refractivity contribution >= 4 is 23.7 Å². The normalized spacial score (nSPS) is 14.6. The number of pyridine rings is 1. The van der Waals surface area contributed by atoms with Crippen molar-refractivity contribution in [3.05, 3.63) is 89.3 Å². The van der Waals surface area contributed by atoms with Crippen molar-refractivity contribution in [3.63, 3.8) is 0 Å². The lowest BCUT2D eigenvalue weighted by molar-refractivity contribution is -0.163. The summed E-state index contributed by atoms with van der Waals surface area (Å²) in [4.78, 5) is 17.3. The van der Waals surface area contributed by atoms with E-state index in [4.69, 9.17) is 9.47 Å². The summed E-state index contributed by atoms with van der Waals surface area (Å²) in [5, 5.41) is 0. The Labute approximate surface area is 224 Å². The number of hydrogen-bond donors (Lipinski definition) is 0. The van der Waals surface area contributed by atoms with Crippen LogP contribution in [-0.2, 0) is 28.5 Å². The van der Waals surface area contributed by atoms with E-state index < -0.39 is 39.8 Å². The first-order chi connectivity index (χ1) is 18.5. The maximum absolute atomic E-state index is 14.1. The highest BCUT2D eigenvalue weighted by Gasteiger charge is 2.46. The van der Waals surface area contributed by atoms with Crippen LogP contribution < -0.4 is 4.74 Å². The van der Waals surface area contributed by atoms with Gasteiger partial charge in [0, 0.05) is 46.9 Å². The molecule has 0 radical (unpaired) electrons. The molecule has 2 aromatic carbocycles. The molecule has 0 aliphatic carbocycles. The molecular formula is C27H22F6N2O3S. The lowest BCUT2D eigenvalue weighted by Crippen LogP contribution is -2.39. The minimum atomic E-state index is -5.34. The van der Waals surface area contributed by atoms with Crippen molar-refractivity contribution in [2.45, 2.75) is 28.8 Å². The Bertz CT molecular complexity index is 1320. The highest BCUT2D eigenvalue weighted by atomic mass is 32.2. The van der Waals surface area contributed by atoms with Gasteiger partial charge in [-0.1, -0.05) is 30.0 Å². The molecule has 0 saturated carbocycles. The second kappa shape index (κ2) is 12.1. The third kappa shape index (κ3) is 7.54. The fraction of sp³-hybridized carbons (Fsp3) is 0.259. The van der Waals surface area contributed by atoms with Gasteiger partial charge in [-0.2, -0.15) is 26.3 Å². The summed E-state index contributed by atoms with van der Waals surface area (Å²) in [6, 6.07) is 11.5.